The maximum Gasteiger partial charge on any atom is 0.162 e. The molecule has 4 rings (SSSR count). The Bertz CT molecular complexity index is 935. The molecule has 6 heteroatoms. The van der Waals surface area contributed by atoms with Crippen molar-refractivity contribution < 1.29 is 0 Å². The Balaban J connectivity index is 1.95. The molecule has 0 saturated carbocycles. The van der Waals surface area contributed by atoms with Gasteiger partial charge in [-0.05, 0) is 29.6 Å². The molecular formula is C14H7ClN4S. The first-order valence-electron chi connectivity index (χ1n) is 5.93. The molecule has 0 spiro atoms. The highest BCUT2D eigenvalue weighted by Crippen LogP contribution is 2.28. The molecule has 3 heterocycles. The van der Waals surface area contributed by atoms with Crippen LogP contribution in [0.3, 0.4) is 0 Å². The van der Waals surface area contributed by atoms with Crippen LogP contribution in [-0.4, -0.2) is 19.9 Å². The first-order chi connectivity index (χ1) is 9.81. The average Bonchev–Trinajstić information content (AvgIpc) is 2.96. The minimum Gasteiger partial charge on any atom is -0.253 e. The van der Waals surface area contributed by atoms with Gasteiger partial charge in [-0.3, -0.25) is 9.97 Å². The predicted molar refractivity (Wildman–Crippen MR) is 81.0 cm³/mol. The van der Waals surface area contributed by atoms with E-state index >= 15 is 0 Å². The van der Waals surface area contributed by atoms with Crippen LogP contribution in [0.4, 0.5) is 0 Å². The number of thiophene rings is 1. The molecule has 0 saturated heterocycles. The molecule has 0 aliphatic heterocycles. The first kappa shape index (κ1) is 11.7. The number of fused-ring (bicyclic) bond motifs is 2. The summed E-state index contributed by atoms with van der Waals surface area (Å²) >= 11 is 7.75. The van der Waals surface area contributed by atoms with E-state index in [1.165, 1.54) is 0 Å². The van der Waals surface area contributed by atoms with Crippen LogP contribution in [0, 0.1) is 0 Å². The van der Waals surface area contributed by atoms with E-state index in [0.29, 0.717) is 11.0 Å². The Morgan fingerprint density at radius 3 is 2.70 bits per heavy atom. The molecule has 0 unspecified atom stereocenters. The van der Waals surface area contributed by atoms with Crippen molar-refractivity contribution in [2.75, 3.05) is 0 Å². The van der Waals surface area contributed by atoms with E-state index in [4.69, 9.17) is 11.6 Å². The third kappa shape index (κ3) is 1.83. The van der Waals surface area contributed by atoms with Gasteiger partial charge >= 0.3 is 0 Å². The van der Waals surface area contributed by atoms with Gasteiger partial charge < -0.3 is 0 Å². The smallest absolute Gasteiger partial charge is 0.162 e. The number of rotatable bonds is 1. The molecule has 96 valence electrons. The average molecular weight is 299 g/mol. The van der Waals surface area contributed by atoms with E-state index in [-0.39, 0.29) is 0 Å². The van der Waals surface area contributed by atoms with E-state index in [2.05, 4.69) is 19.9 Å². The Morgan fingerprint density at radius 1 is 0.950 bits per heavy atom. The summed E-state index contributed by atoms with van der Waals surface area (Å²) in [6, 6.07) is 7.70. The second-order valence-electron chi connectivity index (χ2n) is 4.24. The van der Waals surface area contributed by atoms with Crippen LogP contribution >= 0.6 is 22.9 Å². The van der Waals surface area contributed by atoms with Gasteiger partial charge in [0, 0.05) is 23.3 Å². The fourth-order valence-corrected chi connectivity index (χ4v) is 3.10. The standard InChI is InChI=1S/C14H7ClN4S/c15-12-9-3-6-20-14(9)19-13(18-12)8-1-2-10-11(7-8)17-5-4-16-10/h1-7H. The molecular weight excluding hydrogens is 292 g/mol. The molecule has 1 aromatic carbocycles. The second-order valence-corrected chi connectivity index (χ2v) is 5.49. The Kier molecular flexibility index (Phi) is 2.61. The van der Waals surface area contributed by atoms with Crippen molar-refractivity contribution in [3.8, 4) is 11.4 Å². The lowest BCUT2D eigenvalue weighted by atomic mass is 10.2. The molecule has 0 radical (unpaired) electrons. The third-order valence-electron chi connectivity index (χ3n) is 3.01. The molecule has 4 nitrogen and oxygen atoms in total. The quantitative estimate of drug-likeness (QED) is 0.499. The summed E-state index contributed by atoms with van der Waals surface area (Å²) in [6.07, 6.45) is 3.34. The van der Waals surface area contributed by atoms with Crippen LogP contribution < -0.4 is 0 Å². The minimum atomic E-state index is 0.477. The number of hydrogen-bond acceptors (Lipinski definition) is 5. The Morgan fingerprint density at radius 2 is 1.80 bits per heavy atom. The Labute approximate surface area is 123 Å². The van der Waals surface area contributed by atoms with Crippen molar-refractivity contribution >= 4 is 44.2 Å². The summed E-state index contributed by atoms with van der Waals surface area (Å²) in [5.41, 5.74) is 2.55. The van der Waals surface area contributed by atoms with Gasteiger partial charge in [-0.15, -0.1) is 11.3 Å². The van der Waals surface area contributed by atoms with Crippen LogP contribution in [0.2, 0.25) is 5.15 Å². The molecule has 0 aliphatic rings. The van der Waals surface area contributed by atoms with Crippen molar-refractivity contribution in [2.45, 2.75) is 0 Å². The number of nitrogens with zero attached hydrogens (tertiary/aromatic N) is 4. The molecule has 4 aromatic rings. The van der Waals surface area contributed by atoms with Crippen LogP contribution in [0.5, 0.6) is 0 Å². The maximum absolute atomic E-state index is 6.20. The topological polar surface area (TPSA) is 51.6 Å². The van der Waals surface area contributed by atoms with Gasteiger partial charge in [-0.2, -0.15) is 0 Å². The van der Waals surface area contributed by atoms with Gasteiger partial charge in [0.1, 0.15) is 9.98 Å². The first-order valence-corrected chi connectivity index (χ1v) is 7.19. The lowest BCUT2D eigenvalue weighted by Gasteiger charge is -2.03. The third-order valence-corrected chi connectivity index (χ3v) is 4.10. The van der Waals surface area contributed by atoms with Crippen LogP contribution in [-0.2, 0) is 0 Å². The predicted octanol–water partition coefficient (Wildman–Crippen LogP) is 3.95. The molecule has 0 aliphatic carbocycles. The molecule has 0 amide bonds. The fourth-order valence-electron chi connectivity index (χ4n) is 2.05. The van der Waals surface area contributed by atoms with Gasteiger partial charge in [0.25, 0.3) is 0 Å². The van der Waals surface area contributed by atoms with Crippen molar-refractivity contribution in [3.63, 3.8) is 0 Å². The maximum atomic E-state index is 6.20. The van der Waals surface area contributed by atoms with Crippen LogP contribution in [0.25, 0.3) is 32.6 Å². The zero-order chi connectivity index (χ0) is 13.5. The number of aromatic nitrogens is 4. The summed E-state index contributed by atoms with van der Waals surface area (Å²) in [4.78, 5) is 18.3. The van der Waals surface area contributed by atoms with E-state index in [1.807, 2.05) is 29.6 Å². The summed E-state index contributed by atoms with van der Waals surface area (Å²) in [7, 11) is 0. The van der Waals surface area contributed by atoms with Gasteiger partial charge in [-0.25, -0.2) is 9.97 Å². The normalized spacial score (nSPS) is 11.2. The van der Waals surface area contributed by atoms with E-state index in [1.54, 1.807) is 23.7 Å². The van der Waals surface area contributed by atoms with Crippen molar-refractivity contribution in [1.29, 1.82) is 0 Å². The molecule has 0 bridgehead atoms. The van der Waals surface area contributed by atoms with E-state index in [0.717, 1.165) is 26.8 Å². The second kappa shape index (κ2) is 4.47. The SMILES string of the molecule is Clc1nc(-c2ccc3nccnc3c2)nc2sccc12. The van der Waals surface area contributed by atoms with Crippen molar-refractivity contribution in [3.05, 3.63) is 47.2 Å². The molecule has 3 aromatic heterocycles. The highest BCUT2D eigenvalue weighted by atomic mass is 35.5. The summed E-state index contributed by atoms with van der Waals surface area (Å²) in [6.45, 7) is 0. The monoisotopic (exact) mass is 298 g/mol. The molecule has 20 heavy (non-hydrogen) atoms. The lowest BCUT2D eigenvalue weighted by Crippen LogP contribution is -1.91. The Hall–Kier alpha value is -2.11. The van der Waals surface area contributed by atoms with E-state index in [9.17, 15) is 0 Å². The summed E-state index contributed by atoms with van der Waals surface area (Å²) in [5, 5.41) is 3.33. The van der Waals surface area contributed by atoms with Crippen molar-refractivity contribution in [1.82, 2.24) is 19.9 Å². The van der Waals surface area contributed by atoms with E-state index < -0.39 is 0 Å². The zero-order valence-corrected chi connectivity index (χ0v) is 11.7. The molecule has 0 atom stereocenters. The lowest BCUT2D eigenvalue weighted by molar-refractivity contribution is 1.23. The highest BCUT2D eigenvalue weighted by molar-refractivity contribution is 7.16. The van der Waals surface area contributed by atoms with Gasteiger partial charge in [0.2, 0.25) is 0 Å². The van der Waals surface area contributed by atoms with Crippen LogP contribution in [0.1, 0.15) is 0 Å². The number of benzene rings is 1. The number of hydrogen-bond donors (Lipinski definition) is 0. The fraction of sp³-hybridized carbons (Fsp3) is 0. The molecule has 0 N–H and O–H groups in total. The van der Waals surface area contributed by atoms with Gasteiger partial charge in [-0.1, -0.05) is 11.6 Å². The number of halogens is 1. The summed E-state index contributed by atoms with van der Waals surface area (Å²) in [5.74, 6) is 0.609. The van der Waals surface area contributed by atoms with Crippen LogP contribution in [0.15, 0.2) is 42.0 Å². The summed E-state index contributed by atoms with van der Waals surface area (Å²) < 4.78 is 0. The molecule has 0 fully saturated rings. The minimum absolute atomic E-state index is 0.477. The van der Waals surface area contributed by atoms with Gasteiger partial charge in [0.15, 0.2) is 5.82 Å². The zero-order valence-electron chi connectivity index (χ0n) is 10.1. The largest absolute Gasteiger partial charge is 0.253 e. The van der Waals surface area contributed by atoms with Gasteiger partial charge in [0.05, 0.1) is 11.0 Å². The van der Waals surface area contributed by atoms with Crippen molar-refractivity contribution in [2.24, 2.45) is 0 Å². The highest BCUT2D eigenvalue weighted by Gasteiger charge is 2.09.